The fraction of sp³-hybridized carbons (Fsp3) is 0. The normalized spacial score (nSPS) is 11.4. The third-order valence-corrected chi connectivity index (χ3v) is 4.81. The lowest BCUT2D eigenvalue weighted by molar-refractivity contribution is -0.384. The van der Waals surface area contributed by atoms with E-state index in [2.05, 4.69) is 15.2 Å². The van der Waals surface area contributed by atoms with E-state index in [4.69, 9.17) is 0 Å². The third-order valence-electron chi connectivity index (χ3n) is 3.81. The zero-order valence-corrected chi connectivity index (χ0v) is 14.0. The minimum Gasteiger partial charge on any atom is -0.277 e. The van der Waals surface area contributed by atoms with Crippen LogP contribution in [0.25, 0.3) is 33.6 Å². The van der Waals surface area contributed by atoms with Gasteiger partial charge in [0, 0.05) is 23.3 Å². The van der Waals surface area contributed by atoms with Gasteiger partial charge in [0.1, 0.15) is 10.8 Å². The molecule has 4 aromatic rings. The molecule has 2 aromatic carbocycles. The van der Waals surface area contributed by atoms with Gasteiger partial charge in [-0.3, -0.25) is 15.2 Å². The summed E-state index contributed by atoms with van der Waals surface area (Å²) in [5, 5.41) is 18.5. The van der Waals surface area contributed by atoms with Crippen molar-refractivity contribution in [2.45, 2.75) is 0 Å². The van der Waals surface area contributed by atoms with E-state index in [9.17, 15) is 14.5 Å². The molecule has 128 valence electrons. The van der Waals surface area contributed by atoms with Crippen LogP contribution in [0, 0.1) is 15.9 Å². The Kier molecular flexibility index (Phi) is 4.02. The van der Waals surface area contributed by atoms with Crippen LogP contribution in [0.4, 0.5) is 10.1 Å². The van der Waals surface area contributed by atoms with Crippen molar-refractivity contribution < 1.29 is 9.31 Å². The molecule has 0 atom stereocenters. The number of nitro benzene ring substituents is 1. The third kappa shape index (κ3) is 3.09. The Balaban J connectivity index is 1.65. The minimum atomic E-state index is -0.436. The molecule has 6 nitrogen and oxygen atoms in total. The fourth-order valence-corrected chi connectivity index (χ4v) is 3.40. The van der Waals surface area contributed by atoms with Crippen LogP contribution in [-0.4, -0.2) is 20.1 Å². The predicted molar refractivity (Wildman–Crippen MR) is 99.2 cm³/mol. The standard InChI is InChI=1S/C18H11FN4O2S/c19-13-4-1-11(2-5-13)18-12(10-20-22-18)3-8-17-21-15-9-14(23(24)25)6-7-16(15)26-17/h1-10H,(H,20,22). The van der Waals surface area contributed by atoms with Crippen molar-refractivity contribution in [3.8, 4) is 11.3 Å². The Morgan fingerprint density at radius 2 is 1.96 bits per heavy atom. The second-order valence-electron chi connectivity index (χ2n) is 5.50. The van der Waals surface area contributed by atoms with Crippen LogP contribution < -0.4 is 0 Å². The van der Waals surface area contributed by atoms with E-state index in [1.807, 2.05) is 12.2 Å². The van der Waals surface area contributed by atoms with Gasteiger partial charge in [-0.05, 0) is 42.5 Å². The maximum Gasteiger partial charge on any atom is 0.271 e. The van der Waals surface area contributed by atoms with E-state index in [0.29, 0.717) is 5.52 Å². The number of benzene rings is 2. The van der Waals surface area contributed by atoms with Crippen LogP contribution >= 0.6 is 11.3 Å². The summed E-state index contributed by atoms with van der Waals surface area (Å²) in [6.07, 6.45) is 5.36. The van der Waals surface area contributed by atoms with Crippen LogP contribution in [0.3, 0.4) is 0 Å². The summed E-state index contributed by atoms with van der Waals surface area (Å²) >= 11 is 1.44. The van der Waals surface area contributed by atoms with Gasteiger partial charge in [-0.15, -0.1) is 11.3 Å². The number of fused-ring (bicyclic) bond motifs is 1. The monoisotopic (exact) mass is 366 g/mol. The number of nitrogens with one attached hydrogen (secondary N) is 1. The van der Waals surface area contributed by atoms with E-state index in [0.717, 1.165) is 26.5 Å². The van der Waals surface area contributed by atoms with Gasteiger partial charge >= 0.3 is 0 Å². The lowest BCUT2D eigenvalue weighted by Crippen LogP contribution is -1.86. The van der Waals surface area contributed by atoms with E-state index < -0.39 is 4.92 Å². The summed E-state index contributed by atoms with van der Waals surface area (Å²) in [5.74, 6) is -0.297. The second kappa shape index (κ2) is 6.49. The number of halogens is 1. The molecule has 0 aliphatic carbocycles. The summed E-state index contributed by atoms with van der Waals surface area (Å²) < 4.78 is 14.0. The smallest absolute Gasteiger partial charge is 0.271 e. The van der Waals surface area contributed by atoms with Crippen molar-refractivity contribution in [3.05, 3.63) is 75.2 Å². The SMILES string of the molecule is O=[N+]([O-])c1ccc2sc(C=Cc3cn[nH]c3-c3ccc(F)cc3)nc2c1. The highest BCUT2D eigenvalue weighted by Crippen LogP contribution is 2.28. The number of non-ortho nitro benzene ring substituents is 1. The molecule has 0 fully saturated rings. The van der Waals surface area contributed by atoms with Gasteiger partial charge in [0.05, 0.1) is 27.0 Å². The van der Waals surface area contributed by atoms with Crippen LogP contribution in [0.15, 0.2) is 48.7 Å². The molecule has 0 bridgehead atoms. The first-order valence-corrected chi connectivity index (χ1v) is 8.44. The van der Waals surface area contributed by atoms with Crippen molar-refractivity contribution in [2.24, 2.45) is 0 Å². The fourth-order valence-electron chi connectivity index (χ4n) is 2.55. The van der Waals surface area contributed by atoms with Crippen molar-refractivity contribution in [3.63, 3.8) is 0 Å². The first kappa shape index (κ1) is 16.1. The van der Waals surface area contributed by atoms with Gasteiger partial charge < -0.3 is 0 Å². The van der Waals surface area contributed by atoms with E-state index in [1.165, 1.54) is 35.6 Å². The minimum absolute atomic E-state index is 0.0201. The van der Waals surface area contributed by atoms with Crippen LogP contribution in [0.5, 0.6) is 0 Å². The first-order valence-electron chi connectivity index (χ1n) is 7.62. The second-order valence-corrected chi connectivity index (χ2v) is 6.56. The van der Waals surface area contributed by atoms with Crippen molar-refractivity contribution in [2.75, 3.05) is 0 Å². The molecule has 0 aliphatic heterocycles. The summed E-state index contributed by atoms with van der Waals surface area (Å²) in [5.41, 5.74) is 3.05. The maximum absolute atomic E-state index is 13.1. The number of aromatic amines is 1. The molecule has 0 spiro atoms. The molecule has 8 heteroatoms. The van der Waals surface area contributed by atoms with Gasteiger partial charge in [0.2, 0.25) is 0 Å². The number of nitro groups is 1. The van der Waals surface area contributed by atoms with Crippen LogP contribution in [0.1, 0.15) is 10.6 Å². The molecule has 1 N–H and O–H groups in total. The Bertz CT molecular complexity index is 1130. The number of hydrogen-bond acceptors (Lipinski definition) is 5. The molecule has 2 heterocycles. The van der Waals surface area contributed by atoms with Gasteiger partial charge in [0.25, 0.3) is 5.69 Å². The highest BCUT2D eigenvalue weighted by Gasteiger charge is 2.10. The highest BCUT2D eigenvalue weighted by atomic mass is 32.1. The molecular weight excluding hydrogens is 355 g/mol. The molecular formula is C18H11FN4O2S. The molecule has 0 radical (unpaired) electrons. The lowest BCUT2D eigenvalue weighted by Gasteiger charge is -1.99. The largest absolute Gasteiger partial charge is 0.277 e. The molecule has 0 aliphatic rings. The number of H-pyrrole nitrogens is 1. The predicted octanol–water partition coefficient (Wildman–Crippen LogP) is 4.90. The zero-order chi connectivity index (χ0) is 18.1. The summed E-state index contributed by atoms with van der Waals surface area (Å²) in [4.78, 5) is 14.8. The Hall–Kier alpha value is -3.39. The molecule has 0 saturated heterocycles. The first-order chi connectivity index (χ1) is 12.6. The molecule has 0 amide bonds. The van der Waals surface area contributed by atoms with Crippen molar-refractivity contribution in [1.82, 2.24) is 15.2 Å². The van der Waals surface area contributed by atoms with Crippen LogP contribution in [0.2, 0.25) is 0 Å². The topological polar surface area (TPSA) is 84.7 Å². The number of aromatic nitrogens is 3. The average molecular weight is 366 g/mol. The molecule has 0 saturated carbocycles. The quantitative estimate of drug-likeness (QED) is 0.411. The van der Waals surface area contributed by atoms with Crippen LogP contribution in [-0.2, 0) is 0 Å². The maximum atomic E-state index is 13.1. The van der Waals surface area contributed by atoms with Gasteiger partial charge in [-0.1, -0.05) is 0 Å². The van der Waals surface area contributed by atoms with Gasteiger partial charge in [0.15, 0.2) is 0 Å². The number of nitrogens with zero attached hydrogens (tertiary/aromatic N) is 3. The Morgan fingerprint density at radius 1 is 1.15 bits per heavy atom. The number of rotatable bonds is 4. The highest BCUT2D eigenvalue weighted by molar-refractivity contribution is 7.19. The van der Waals surface area contributed by atoms with E-state index in [1.54, 1.807) is 24.4 Å². The molecule has 0 unspecified atom stereocenters. The Labute approximate surface area is 150 Å². The molecule has 2 aromatic heterocycles. The van der Waals surface area contributed by atoms with E-state index >= 15 is 0 Å². The molecule has 4 rings (SSSR count). The zero-order valence-electron chi connectivity index (χ0n) is 13.2. The summed E-state index contributed by atoms with van der Waals surface area (Å²) in [6, 6.07) is 10.8. The van der Waals surface area contributed by atoms with Gasteiger partial charge in [-0.2, -0.15) is 5.10 Å². The lowest BCUT2D eigenvalue weighted by atomic mass is 10.1. The number of hydrogen-bond donors (Lipinski definition) is 1. The molecule has 26 heavy (non-hydrogen) atoms. The number of thiazole rings is 1. The average Bonchev–Trinajstić information content (AvgIpc) is 3.26. The Morgan fingerprint density at radius 3 is 2.73 bits per heavy atom. The van der Waals surface area contributed by atoms with Gasteiger partial charge in [-0.25, -0.2) is 9.37 Å². The summed E-state index contributed by atoms with van der Waals surface area (Å²) in [6.45, 7) is 0. The summed E-state index contributed by atoms with van der Waals surface area (Å²) in [7, 11) is 0. The van der Waals surface area contributed by atoms with E-state index in [-0.39, 0.29) is 11.5 Å². The van der Waals surface area contributed by atoms with Crippen molar-refractivity contribution >= 4 is 39.4 Å². The van der Waals surface area contributed by atoms with Crippen molar-refractivity contribution in [1.29, 1.82) is 0 Å².